The molecule has 0 atom stereocenters. The Labute approximate surface area is 171 Å². The minimum absolute atomic E-state index is 0.147. The van der Waals surface area contributed by atoms with Crippen molar-refractivity contribution in [3.8, 4) is 17.2 Å². The van der Waals surface area contributed by atoms with E-state index in [9.17, 15) is 9.59 Å². The topological polar surface area (TPSA) is 111 Å². The van der Waals surface area contributed by atoms with Crippen molar-refractivity contribution in [2.24, 2.45) is 0 Å². The fourth-order valence-corrected chi connectivity index (χ4v) is 3.15. The molecular formula is C21H19N5O4. The second-order valence-corrected chi connectivity index (χ2v) is 6.36. The number of aromatic amines is 1. The lowest BCUT2D eigenvalue weighted by Crippen LogP contribution is -2.34. The molecule has 0 fully saturated rings. The summed E-state index contributed by atoms with van der Waals surface area (Å²) < 4.78 is 11.6. The minimum Gasteiger partial charge on any atom is -0.496 e. The molecule has 0 unspecified atom stereocenters. The standard InChI is InChI=1S/C21H19N5O4/c1-29-16-9-5-3-7-13(16)11-22-20-23-12-14-18(24-20)25-21(28)26(19(14)27)15-8-4-6-10-17(15)30-2/h3-10,12H,11H2,1-2H3,(H2,22,23,24,25,28). The zero-order valence-electron chi connectivity index (χ0n) is 16.4. The van der Waals surface area contributed by atoms with E-state index in [-0.39, 0.29) is 17.0 Å². The molecule has 0 aliphatic carbocycles. The molecule has 152 valence electrons. The lowest BCUT2D eigenvalue weighted by atomic mass is 10.2. The van der Waals surface area contributed by atoms with Crippen molar-refractivity contribution in [3.63, 3.8) is 0 Å². The number of hydrogen-bond donors (Lipinski definition) is 2. The molecule has 0 spiro atoms. The van der Waals surface area contributed by atoms with Crippen molar-refractivity contribution < 1.29 is 9.47 Å². The first kappa shape index (κ1) is 19.2. The molecule has 9 heteroatoms. The van der Waals surface area contributed by atoms with Gasteiger partial charge in [-0.25, -0.2) is 14.3 Å². The molecular weight excluding hydrogens is 386 g/mol. The number of methoxy groups -OCH3 is 2. The molecule has 2 aromatic carbocycles. The Morgan fingerprint density at radius 2 is 1.70 bits per heavy atom. The number of para-hydroxylation sites is 3. The quantitative estimate of drug-likeness (QED) is 0.505. The summed E-state index contributed by atoms with van der Waals surface area (Å²) in [6.07, 6.45) is 1.39. The van der Waals surface area contributed by atoms with E-state index < -0.39 is 11.2 Å². The smallest absolute Gasteiger partial charge is 0.334 e. The number of H-pyrrole nitrogens is 1. The predicted octanol–water partition coefficient (Wildman–Crippen LogP) is 2.10. The summed E-state index contributed by atoms with van der Waals surface area (Å²) in [4.78, 5) is 36.8. The molecule has 0 radical (unpaired) electrons. The highest BCUT2D eigenvalue weighted by Crippen LogP contribution is 2.20. The molecule has 9 nitrogen and oxygen atoms in total. The molecule has 30 heavy (non-hydrogen) atoms. The Balaban J connectivity index is 1.71. The van der Waals surface area contributed by atoms with Crippen LogP contribution >= 0.6 is 0 Å². The Morgan fingerprint density at radius 1 is 1.00 bits per heavy atom. The Morgan fingerprint density at radius 3 is 2.47 bits per heavy atom. The second kappa shape index (κ2) is 8.08. The molecule has 4 rings (SSSR count). The van der Waals surface area contributed by atoms with Gasteiger partial charge in [-0.1, -0.05) is 30.3 Å². The maximum absolute atomic E-state index is 13.0. The van der Waals surface area contributed by atoms with E-state index in [1.807, 2.05) is 24.3 Å². The van der Waals surface area contributed by atoms with Crippen LogP contribution < -0.4 is 26.0 Å². The fourth-order valence-electron chi connectivity index (χ4n) is 3.15. The van der Waals surface area contributed by atoms with Crippen LogP contribution in [0.15, 0.2) is 64.3 Å². The van der Waals surface area contributed by atoms with E-state index in [2.05, 4.69) is 20.3 Å². The van der Waals surface area contributed by atoms with Gasteiger partial charge in [0.1, 0.15) is 16.9 Å². The predicted molar refractivity (Wildman–Crippen MR) is 113 cm³/mol. The molecule has 0 saturated heterocycles. The average molecular weight is 405 g/mol. The van der Waals surface area contributed by atoms with Crippen LogP contribution in [-0.2, 0) is 6.54 Å². The molecule has 2 heterocycles. The van der Waals surface area contributed by atoms with Crippen molar-refractivity contribution in [2.75, 3.05) is 19.5 Å². The molecule has 0 bridgehead atoms. The van der Waals surface area contributed by atoms with Gasteiger partial charge in [-0.05, 0) is 18.2 Å². The minimum atomic E-state index is -0.619. The highest BCUT2D eigenvalue weighted by Gasteiger charge is 2.15. The fraction of sp³-hybridized carbons (Fsp3) is 0.143. The van der Waals surface area contributed by atoms with Crippen molar-refractivity contribution >= 4 is 17.0 Å². The first-order chi connectivity index (χ1) is 14.6. The van der Waals surface area contributed by atoms with Gasteiger partial charge in [0, 0.05) is 18.3 Å². The Bertz CT molecular complexity index is 1330. The summed E-state index contributed by atoms with van der Waals surface area (Å²) >= 11 is 0. The third-order valence-electron chi connectivity index (χ3n) is 4.61. The highest BCUT2D eigenvalue weighted by molar-refractivity contribution is 5.73. The number of benzene rings is 2. The van der Waals surface area contributed by atoms with Crippen LogP contribution in [0.2, 0.25) is 0 Å². The summed E-state index contributed by atoms with van der Waals surface area (Å²) in [5.74, 6) is 1.41. The van der Waals surface area contributed by atoms with E-state index >= 15 is 0 Å². The van der Waals surface area contributed by atoms with Crippen LogP contribution in [0.4, 0.5) is 5.95 Å². The third-order valence-corrected chi connectivity index (χ3v) is 4.61. The van der Waals surface area contributed by atoms with Gasteiger partial charge >= 0.3 is 5.69 Å². The summed E-state index contributed by atoms with van der Waals surface area (Å²) in [6.45, 7) is 0.415. The first-order valence-electron chi connectivity index (χ1n) is 9.13. The molecule has 0 aliphatic heterocycles. The summed E-state index contributed by atoms with van der Waals surface area (Å²) in [5, 5.41) is 3.26. The van der Waals surface area contributed by atoms with Gasteiger partial charge in [-0.15, -0.1) is 0 Å². The zero-order chi connectivity index (χ0) is 21.1. The normalized spacial score (nSPS) is 10.7. The summed E-state index contributed by atoms with van der Waals surface area (Å²) in [7, 11) is 3.07. The van der Waals surface area contributed by atoms with Crippen molar-refractivity contribution in [1.82, 2.24) is 19.5 Å². The summed E-state index contributed by atoms with van der Waals surface area (Å²) in [6, 6.07) is 14.3. The maximum Gasteiger partial charge on any atom is 0.334 e. The highest BCUT2D eigenvalue weighted by atomic mass is 16.5. The first-order valence-corrected chi connectivity index (χ1v) is 9.13. The van der Waals surface area contributed by atoms with Crippen molar-refractivity contribution in [2.45, 2.75) is 6.54 Å². The van der Waals surface area contributed by atoms with Crippen LogP contribution in [0, 0.1) is 0 Å². The molecule has 4 aromatic rings. The van der Waals surface area contributed by atoms with Crippen molar-refractivity contribution in [3.05, 3.63) is 81.1 Å². The van der Waals surface area contributed by atoms with Crippen LogP contribution in [-0.4, -0.2) is 33.7 Å². The average Bonchev–Trinajstić information content (AvgIpc) is 2.78. The molecule has 2 N–H and O–H groups in total. The van der Waals surface area contributed by atoms with Crippen LogP contribution in [0.3, 0.4) is 0 Å². The lowest BCUT2D eigenvalue weighted by molar-refractivity contribution is 0.410. The number of rotatable bonds is 6. The molecule has 0 aliphatic rings. The molecule has 0 saturated carbocycles. The third kappa shape index (κ3) is 3.48. The number of hydrogen-bond acceptors (Lipinski definition) is 7. The van der Waals surface area contributed by atoms with E-state index in [4.69, 9.17) is 9.47 Å². The Hall–Kier alpha value is -4.14. The van der Waals surface area contributed by atoms with Gasteiger partial charge in [0.15, 0.2) is 5.65 Å². The van der Waals surface area contributed by atoms with Gasteiger partial charge in [0.2, 0.25) is 5.95 Å². The van der Waals surface area contributed by atoms with Crippen LogP contribution in [0.5, 0.6) is 11.5 Å². The van der Waals surface area contributed by atoms with Gasteiger partial charge in [-0.3, -0.25) is 9.78 Å². The monoisotopic (exact) mass is 405 g/mol. The number of ether oxygens (including phenoxy) is 2. The largest absolute Gasteiger partial charge is 0.496 e. The maximum atomic E-state index is 13.0. The number of aromatic nitrogens is 4. The van der Waals surface area contributed by atoms with Gasteiger partial charge in [0.25, 0.3) is 5.56 Å². The Kier molecular flexibility index (Phi) is 5.17. The van der Waals surface area contributed by atoms with E-state index in [0.29, 0.717) is 18.0 Å². The zero-order valence-corrected chi connectivity index (χ0v) is 16.4. The van der Waals surface area contributed by atoms with Crippen molar-refractivity contribution in [1.29, 1.82) is 0 Å². The SMILES string of the molecule is COc1ccccc1CNc1ncc2c(=O)n(-c3ccccc3OC)c(=O)[nH]c2n1. The molecule has 2 aromatic heterocycles. The number of anilines is 1. The number of nitrogens with one attached hydrogen (secondary N) is 2. The van der Waals surface area contributed by atoms with Crippen LogP contribution in [0.25, 0.3) is 16.7 Å². The summed E-state index contributed by atoms with van der Waals surface area (Å²) in [5.41, 5.74) is 0.255. The lowest BCUT2D eigenvalue weighted by Gasteiger charge is -2.11. The van der Waals surface area contributed by atoms with E-state index in [0.717, 1.165) is 15.9 Å². The second-order valence-electron chi connectivity index (χ2n) is 6.36. The van der Waals surface area contributed by atoms with Gasteiger partial charge < -0.3 is 14.8 Å². The van der Waals surface area contributed by atoms with E-state index in [1.54, 1.807) is 31.4 Å². The van der Waals surface area contributed by atoms with Gasteiger partial charge in [-0.2, -0.15) is 4.98 Å². The van der Waals surface area contributed by atoms with Crippen LogP contribution in [0.1, 0.15) is 5.56 Å². The van der Waals surface area contributed by atoms with Gasteiger partial charge in [0.05, 0.1) is 19.9 Å². The number of nitrogens with zero attached hydrogens (tertiary/aromatic N) is 3. The van der Waals surface area contributed by atoms with E-state index in [1.165, 1.54) is 13.3 Å². The molecule has 0 amide bonds. The number of fused-ring (bicyclic) bond motifs is 1.